The average Bonchev–Trinajstić information content (AvgIpc) is 3.10. The zero-order valence-electron chi connectivity index (χ0n) is 15.1. The normalized spacial score (nSPS) is 14.4. The van der Waals surface area contributed by atoms with Gasteiger partial charge in [0.2, 0.25) is 5.95 Å². The monoisotopic (exact) mass is 384 g/mol. The van der Waals surface area contributed by atoms with Gasteiger partial charge >= 0.3 is 0 Å². The van der Waals surface area contributed by atoms with Crippen molar-refractivity contribution in [2.75, 3.05) is 31.2 Å². The summed E-state index contributed by atoms with van der Waals surface area (Å²) in [5.41, 5.74) is 1.80. The number of para-hydroxylation sites is 1. The summed E-state index contributed by atoms with van der Waals surface area (Å²) in [6.45, 7) is 3.44. The number of morpholine rings is 1. The number of benzene rings is 2. The molecule has 140 valence electrons. The predicted octanol–water partition coefficient (Wildman–Crippen LogP) is 3.55. The molecular formula is C20H21ClN4O2. The van der Waals surface area contributed by atoms with Crippen LogP contribution in [0.3, 0.4) is 0 Å². The lowest BCUT2D eigenvalue weighted by molar-refractivity contribution is 0.121. The van der Waals surface area contributed by atoms with E-state index in [1.54, 1.807) is 0 Å². The average molecular weight is 385 g/mol. The number of hydrogen-bond donors (Lipinski definition) is 0. The van der Waals surface area contributed by atoms with E-state index in [2.05, 4.69) is 10.00 Å². The third-order valence-electron chi connectivity index (χ3n) is 4.50. The van der Waals surface area contributed by atoms with Crippen LogP contribution < -0.4 is 9.64 Å². The third kappa shape index (κ3) is 3.91. The first-order valence-corrected chi connectivity index (χ1v) is 9.29. The molecule has 0 radical (unpaired) electrons. The van der Waals surface area contributed by atoms with Gasteiger partial charge in [0.05, 0.1) is 18.8 Å². The van der Waals surface area contributed by atoms with E-state index in [0.717, 1.165) is 35.9 Å². The first kappa shape index (κ1) is 17.8. The van der Waals surface area contributed by atoms with Crippen LogP contribution in [0.2, 0.25) is 5.02 Å². The second kappa shape index (κ2) is 7.98. The number of hydrogen-bond acceptors (Lipinski definition) is 5. The Kier molecular flexibility index (Phi) is 5.27. The lowest BCUT2D eigenvalue weighted by Crippen LogP contribution is -2.37. The maximum Gasteiger partial charge on any atom is 0.224 e. The van der Waals surface area contributed by atoms with E-state index < -0.39 is 0 Å². The van der Waals surface area contributed by atoms with Crippen LogP contribution in [0, 0.1) is 0 Å². The standard InChI is InChI=1S/C20H21ClN4O2/c1-24-20(25-10-12-26-13-11-25)22-19(23-24)16-7-3-5-9-18(16)27-14-15-6-2-4-8-17(15)21/h2-9H,10-14H2,1H3. The van der Waals surface area contributed by atoms with Crippen molar-refractivity contribution >= 4 is 17.5 Å². The number of rotatable bonds is 5. The molecule has 27 heavy (non-hydrogen) atoms. The van der Waals surface area contributed by atoms with Gasteiger partial charge < -0.3 is 14.4 Å². The highest BCUT2D eigenvalue weighted by molar-refractivity contribution is 6.31. The fourth-order valence-electron chi connectivity index (χ4n) is 3.08. The van der Waals surface area contributed by atoms with Crippen molar-refractivity contribution in [3.05, 3.63) is 59.1 Å². The molecule has 4 rings (SSSR count). The van der Waals surface area contributed by atoms with Crippen molar-refractivity contribution in [1.29, 1.82) is 0 Å². The molecule has 0 aliphatic carbocycles. The van der Waals surface area contributed by atoms with Crippen molar-refractivity contribution in [3.8, 4) is 17.1 Å². The van der Waals surface area contributed by atoms with Gasteiger partial charge in [-0.25, -0.2) is 4.68 Å². The molecule has 1 aromatic heterocycles. The van der Waals surface area contributed by atoms with E-state index in [4.69, 9.17) is 26.1 Å². The zero-order chi connectivity index (χ0) is 18.6. The Balaban J connectivity index is 1.58. The summed E-state index contributed by atoms with van der Waals surface area (Å²) in [5.74, 6) is 2.22. The van der Waals surface area contributed by atoms with Crippen LogP contribution >= 0.6 is 11.6 Å². The molecule has 0 unspecified atom stereocenters. The minimum atomic E-state index is 0.389. The van der Waals surface area contributed by atoms with E-state index in [1.807, 2.05) is 60.3 Å². The highest BCUT2D eigenvalue weighted by atomic mass is 35.5. The molecule has 1 fully saturated rings. The molecule has 0 amide bonds. The van der Waals surface area contributed by atoms with Gasteiger partial charge in [-0.1, -0.05) is 41.9 Å². The lowest BCUT2D eigenvalue weighted by Gasteiger charge is -2.26. The number of nitrogens with zero attached hydrogens (tertiary/aromatic N) is 4. The number of anilines is 1. The summed E-state index contributed by atoms with van der Waals surface area (Å²) in [4.78, 5) is 6.94. The largest absolute Gasteiger partial charge is 0.488 e. The van der Waals surface area contributed by atoms with E-state index >= 15 is 0 Å². The Morgan fingerprint density at radius 3 is 2.63 bits per heavy atom. The minimum Gasteiger partial charge on any atom is -0.488 e. The smallest absolute Gasteiger partial charge is 0.224 e. The third-order valence-corrected chi connectivity index (χ3v) is 4.87. The summed E-state index contributed by atoms with van der Waals surface area (Å²) >= 11 is 6.23. The van der Waals surface area contributed by atoms with Gasteiger partial charge in [0.25, 0.3) is 0 Å². The fourth-order valence-corrected chi connectivity index (χ4v) is 3.27. The van der Waals surface area contributed by atoms with Crippen LogP contribution in [-0.2, 0) is 18.4 Å². The predicted molar refractivity (Wildman–Crippen MR) is 105 cm³/mol. The highest BCUT2D eigenvalue weighted by Crippen LogP contribution is 2.30. The molecule has 0 bridgehead atoms. The molecule has 3 aromatic rings. The summed E-state index contributed by atoms with van der Waals surface area (Å²) in [6, 6.07) is 15.5. The molecule has 0 spiro atoms. The Morgan fingerprint density at radius 2 is 1.81 bits per heavy atom. The van der Waals surface area contributed by atoms with Crippen molar-refractivity contribution < 1.29 is 9.47 Å². The van der Waals surface area contributed by atoms with Gasteiger partial charge in [-0.05, 0) is 18.2 Å². The Bertz CT molecular complexity index is 922. The number of halogens is 1. The number of ether oxygens (including phenoxy) is 2. The van der Waals surface area contributed by atoms with Crippen molar-refractivity contribution in [2.45, 2.75) is 6.61 Å². The van der Waals surface area contributed by atoms with Crippen molar-refractivity contribution in [1.82, 2.24) is 14.8 Å². The van der Waals surface area contributed by atoms with Crippen LogP contribution in [0.4, 0.5) is 5.95 Å². The van der Waals surface area contributed by atoms with Crippen LogP contribution in [-0.4, -0.2) is 41.1 Å². The number of aromatic nitrogens is 3. The van der Waals surface area contributed by atoms with E-state index in [0.29, 0.717) is 30.7 Å². The quantitative estimate of drug-likeness (QED) is 0.673. The lowest BCUT2D eigenvalue weighted by atomic mass is 10.2. The highest BCUT2D eigenvalue weighted by Gasteiger charge is 2.20. The molecule has 1 saturated heterocycles. The first-order chi connectivity index (χ1) is 13.2. The first-order valence-electron chi connectivity index (χ1n) is 8.92. The molecule has 2 aromatic carbocycles. The molecule has 2 heterocycles. The SMILES string of the molecule is Cn1nc(-c2ccccc2OCc2ccccc2Cl)nc1N1CCOCC1. The van der Waals surface area contributed by atoms with Gasteiger partial charge in [-0.15, -0.1) is 5.10 Å². The van der Waals surface area contributed by atoms with Crippen LogP contribution in [0.25, 0.3) is 11.4 Å². The van der Waals surface area contributed by atoms with Crippen molar-refractivity contribution in [2.24, 2.45) is 7.05 Å². The van der Waals surface area contributed by atoms with Gasteiger partial charge in [-0.3, -0.25) is 0 Å². The molecule has 6 nitrogen and oxygen atoms in total. The molecule has 0 atom stereocenters. The van der Waals surface area contributed by atoms with Gasteiger partial charge in [0.15, 0.2) is 5.82 Å². The molecule has 1 aliphatic rings. The number of aryl methyl sites for hydroxylation is 1. The summed E-state index contributed by atoms with van der Waals surface area (Å²) < 4.78 is 13.3. The molecule has 0 N–H and O–H groups in total. The second-order valence-electron chi connectivity index (χ2n) is 6.33. The molecule has 0 saturated carbocycles. The maximum absolute atomic E-state index is 6.23. The Labute approximate surface area is 163 Å². The molecular weight excluding hydrogens is 364 g/mol. The van der Waals surface area contributed by atoms with Gasteiger partial charge in [-0.2, -0.15) is 4.98 Å². The minimum absolute atomic E-state index is 0.389. The van der Waals surface area contributed by atoms with E-state index in [9.17, 15) is 0 Å². The Morgan fingerprint density at radius 1 is 1.07 bits per heavy atom. The zero-order valence-corrected chi connectivity index (χ0v) is 15.9. The fraction of sp³-hybridized carbons (Fsp3) is 0.300. The molecule has 7 heteroatoms. The Hall–Kier alpha value is -2.57. The van der Waals surface area contributed by atoms with Gasteiger partial charge in [0.1, 0.15) is 12.4 Å². The topological polar surface area (TPSA) is 52.4 Å². The van der Waals surface area contributed by atoms with Crippen LogP contribution in [0.1, 0.15) is 5.56 Å². The maximum atomic E-state index is 6.23. The van der Waals surface area contributed by atoms with Crippen LogP contribution in [0.5, 0.6) is 5.75 Å². The summed E-state index contributed by atoms with van der Waals surface area (Å²) in [5, 5.41) is 5.30. The van der Waals surface area contributed by atoms with Crippen molar-refractivity contribution in [3.63, 3.8) is 0 Å². The second-order valence-corrected chi connectivity index (χ2v) is 6.74. The van der Waals surface area contributed by atoms with Crippen LogP contribution in [0.15, 0.2) is 48.5 Å². The molecule has 1 aliphatic heterocycles. The van der Waals surface area contributed by atoms with Gasteiger partial charge in [0, 0.05) is 30.7 Å². The van der Waals surface area contributed by atoms with E-state index in [-0.39, 0.29) is 0 Å². The summed E-state index contributed by atoms with van der Waals surface area (Å²) in [7, 11) is 1.91. The van der Waals surface area contributed by atoms with E-state index in [1.165, 1.54) is 0 Å². The summed E-state index contributed by atoms with van der Waals surface area (Å²) in [6.07, 6.45) is 0.